The number of amides is 1. The average molecular weight is 460 g/mol. The van der Waals surface area contributed by atoms with Gasteiger partial charge in [-0.1, -0.05) is 23.2 Å². The Kier molecular flexibility index (Phi) is 7.00. The zero-order valence-corrected chi connectivity index (χ0v) is 17.8. The van der Waals surface area contributed by atoms with E-state index in [1.165, 1.54) is 28.6 Å². The van der Waals surface area contributed by atoms with E-state index < -0.39 is 15.9 Å². The molecule has 1 heterocycles. The Labute approximate surface area is 179 Å². The lowest BCUT2D eigenvalue weighted by Crippen LogP contribution is -2.50. The molecule has 1 saturated heterocycles. The van der Waals surface area contributed by atoms with E-state index in [2.05, 4.69) is 5.32 Å². The number of rotatable bonds is 6. The number of hydrogen-bond donors (Lipinski definition) is 1. The van der Waals surface area contributed by atoms with Gasteiger partial charge in [-0.15, -0.1) is 0 Å². The van der Waals surface area contributed by atoms with E-state index in [0.717, 1.165) is 5.69 Å². The monoisotopic (exact) mass is 459 g/mol. The molecule has 1 fully saturated rings. The molecule has 0 radical (unpaired) electrons. The quantitative estimate of drug-likeness (QED) is 0.720. The van der Waals surface area contributed by atoms with Gasteiger partial charge < -0.3 is 10.2 Å². The van der Waals surface area contributed by atoms with E-state index in [9.17, 15) is 17.6 Å². The van der Waals surface area contributed by atoms with Gasteiger partial charge in [0.25, 0.3) is 5.91 Å². The molecule has 1 aliphatic rings. The summed E-state index contributed by atoms with van der Waals surface area (Å²) in [6, 6.07) is 10.6. The van der Waals surface area contributed by atoms with Gasteiger partial charge in [0.05, 0.1) is 16.3 Å². The second kappa shape index (κ2) is 9.30. The molecule has 10 heteroatoms. The summed E-state index contributed by atoms with van der Waals surface area (Å²) in [7, 11) is -3.52. The third-order valence-corrected chi connectivity index (χ3v) is 7.08. The summed E-state index contributed by atoms with van der Waals surface area (Å²) in [5.74, 6) is -1.00. The van der Waals surface area contributed by atoms with Gasteiger partial charge in [-0.2, -0.15) is 4.31 Å². The molecule has 156 valence electrons. The summed E-state index contributed by atoms with van der Waals surface area (Å²) in [6.07, 6.45) is 0. The molecule has 0 bridgehead atoms. The molecule has 0 aliphatic carbocycles. The minimum Gasteiger partial charge on any atom is -0.369 e. The number of sulfonamides is 1. The molecule has 2 aromatic carbocycles. The Morgan fingerprint density at radius 3 is 2.34 bits per heavy atom. The van der Waals surface area contributed by atoms with Crippen LogP contribution >= 0.6 is 23.2 Å². The molecule has 0 spiro atoms. The Morgan fingerprint density at radius 1 is 1.03 bits per heavy atom. The van der Waals surface area contributed by atoms with Crippen molar-refractivity contribution in [3.05, 3.63) is 63.9 Å². The van der Waals surface area contributed by atoms with Crippen molar-refractivity contribution in [1.29, 1.82) is 0 Å². The van der Waals surface area contributed by atoms with Gasteiger partial charge in [0.15, 0.2) is 0 Å². The van der Waals surface area contributed by atoms with E-state index in [4.69, 9.17) is 23.2 Å². The summed E-state index contributed by atoms with van der Waals surface area (Å²) in [5, 5.41) is 3.18. The zero-order chi connectivity index (χ0) is 21.0. The van der Waals surface area contributed by atoms with Crippen LogP contribution in [0.5, 0.6) is 0 Å². The highest BCUT2D eigenvalue weighted by atomic mass is 35.5. The first-order chi connectivity index (χ1) is 13.8. The Hall–Kier alpha value is -1.87. The van der Waals surface area contributed by atoms with Crippen LogP contribution in [0.25, 0.3) is 0 Å². The maximum absolute atomic E-state index is 13.0. The smallest absolute Gasteiger partial charge is 0.252 e. The van der Waals surface area contributed by atoms with E-state index in [1.54, 1.807) is 18.2 Å². The van der Waals surface area contributed by atoms with Crippen LogP contribution in [0.4, 0.5) is 10.1 Å². The number of benzene rings is 2. The minimum absolute atomic E-state index is 0.0395. The fourth-order valence-electron chi connectivity index (χ4n) is 3.07. The van der Waals surface area contributed by atoms with Crippen LogP contribution in [-0.4, -0.2) is 57.1 Å². The van der Waals surface area contributed by atoms with E-state index in [1.807, 2.05) is 4.90 Å². The van der Waals surface area contributed by atoms with Crippen LogP contribution in [0.1, 0.15) is 10.4 Å². The van der Waals surface area contributed by atoms with Gasteiger partial charge in [0.2, 0.25) is 10.0 Å². The molecule has 29 heavy (non-hydrogen) atoms. The number of piperazine rings is 1. The first-order valence-corrected chi connectivity index (χ1v) is 11.3. The number of nitrogens with zero attached hydrogens (tertiary/aromatic N) is 2. The van der Waals surface area contributed by atoms with Gasteiger partial charge in [-0.25, -0.2) is 12.8 Å². The lowest BCUT2D eigenvalue weighted by atomic mass is 10.2. The largest absolute Gasteiger partial charge is 0.369 e. The highest BCUT2D eigenvalue weighted by molar-refractivity contribution is 7.89. The van der Waals surface area contributed by atoms with Crippen LogP contribution in [0.2, 0.25) is 10.0 Å². The Balaban J connectivity index is 1.51. The van der Waals surface area contributed by atoms with Gasteiger partial charge in [-0.05, 0) is 42.5 Å². The number of carbonyl (C=O) groups excluding carboxylic acids is 1. The highest BCUT2D eigenvalue weighted by Gasteiger charge is 2.27. The highest BCUT2D eigenvalue weighted by Crippen LogP contribution is 2.21. The second-order valence-electron chi connectivity index (χ2n) is 6.56. The van der Waals surface area contributed by atoms with Gasteiger partial charge in [0, 0.05) is 43.4 Å². The second-order valence-corrected chi connectivity index (χ2v) is 9.49. The molecular weight excluding hydrogens is 440 g/mol. The van der Waals surface area contributed by atoms with Crippen LogP contribution in [0, 0.1) is 5.82 Å². The molecule has 1 amide bonds. The molecule has 1 N–H and O–H groups in total. The zero-order valence-electron chi connectivity index (χ0n) is 15.4. The molecule has 0 atom stereocenters. The predicted octanol–water partition coefficient (Wildman–Crippen LogP) is 3.01. The van der Waals surface area contributed by atoms with E-state index in [-0.39, 0.29) is 28.7 Å². The maximum Gasteiger partial charge on any atom is 0.252 e. The molecule has 1 aliphatic heterocycles. The third kappa shape index (κ3) is 5.60. The molecule has 3 rings (SSSR count). The van der Waals surface area contributed by atoms with Crippen molar-refractivity contribution in [2.24, 2.45) is 0 Å². The normalized spacial score (nSPS) is 15.3. The summed E-state index contributed by atoms with van der Waals surface area (Å²) in [6.45, 7) is 1.63. The summed E-state index contributed by atoms with van der Waals surface area (Å²) >= 11 is 11.9. The number of carbonyl (C=O) groups is 1. The first kappa shape index (κ1) is 21.8. The summed E-state index contributed by atoms with van der Waals surface area (Å²) in [4.78, 5) is 14.2. The molecule has 0 aromatic heterocycles. The van der Waals surface area contributed by atoms with Crippen LogP contribution in [0.3, 0.4) is 0 Å². The van der Waals surface area contributed by atoms with Crippen molar-refractivity contribution in [3.8, 4) is 0 Å². The maximum atomic E-state index is 13.0. The van der Waals surface area contributed by atoms with Crippen molar-refractivity contribution in [1.82, 2.24) is 9.62 Å². The topological polar surface area (TPSA) is 69.7 Å². The van der Waals surface area contributed by atoms with Crippen molar-refractivity contribution >= 4 is 44.8 Å². The molecule has 0 saturated carbocycles. The Bertz CT molecular complexity index is 979. The molecular formula is C19H20Cl2FN3O3S. The first-order valence-electron chi connectivity index (χ1n) is 8.98. The minimum atomic E-state index is -3.52. The number of hydrogen-bond acceptors (Lipinski definition) is 4. The van der Waals surface area contributed by atoms with Crippen LogP contribution in [0.15, 0.2) is 42.5 Å². The average Bonchev–Trinajstić information content (AvgIpc) is 2.70. The van der Waals surface area contributed by atoms with Crippen molar-refractivity contribution in [2.75, 3.05) is 43.4 Å². The molecule has 0 unspecified atom stereocenters. The molecule has 6 nitrogen and oxygen atoms in total. The van der Waals surface area contributed by atoms with E-state index in [0.29, 0.717) is 31.2 Å². The molecule has 2 aromatic rings. The van der Waals surface area contributed by atoms with Gasteiger partial charge in [-0.3, -0.25) is 4.79 Å². The number of halogens is 3. The van der Waals surface area contributed by atoms with Crippen molar-refractivity contribution in [2.45, 2.75) is 0 Å². The number of nitrogens with one attached hydrogen (secondary N) is 1. The summed E-state index contributed by atoms with van der Waals surface area (Å²) < 4.78 is 39.6. The van der Waals surface area contributed by atoms with E-state index >= 15 is 0 Å². The third-order valence-electron chi connectivity index (χ3n) is 4.64. The number of anilines is 1. The van der Waals surface area contributed by atoms with Crippen LogP contribution in [-0.2, 0) is 10.0 Å². The van der Waals surface area contributed by atoms with Crippen LogP contribution < -0.4 is 10.2 Å². The fourth-order valence-corrected chi connectivity index (χ4v) is 4.78. The fraction of sp³-hybridized carbons (Fsp3) is 0.316. The van der Waals surface area contributed by atoms with Crippen molar-refractivity contribution < 1.29 is 17.6 Å². The lowest BCUT2D eigenvalue weighted by molar-refractivity contribution is 0.0956. The predicted molar refractivity (Wildman–Crippen MR) is 113 cm³/mol. The lowest BCUT2D eigenvalue weighted by Gasteiger charge is -2.35. The standard InChI is InChI=1S/C19H20Cl2FN3O3S/c20-14-1-6-18(21)17(13-14)19(26)23-7-12-29(27,28)25-10-8-24(9-11-25)16-4-2-15(22)3-5-16/h1-6,13H,7-12H2,(H,23,26). The van der Waals surface area contributed by atoms with Crippen molar-refractivity contribution in [3.63, 3.8) is 0 Å². The Morgan fingerprint density at radius 2 is 1.69 bits per heavy atom. The summed E-state index contributed by atoms with van der Waals surface area (Å²) in [5.41, 5.74) is 1.05. The van der Waals surface area contributed by atoms with Gasteiger partial charge in [0.1, 0.15) is 5.82 Å². The SMILES string of the molecule is O=C(NCCS(=O)(=O)N1CCN(c2ccc(F)cc2)CC1)c1cc(Cl)ccc1Cl. The van der Waals surface area contributed by atoms with Gasteiger partial charge >= 0.3 is 0 Å².